The van der Waals surface area contributed by atoms with Gasteiger partial charge < -0.3 is 4.90 Å². The van der Waals surface area contributed by atoms with Gasteiger partial charge in [-0.25, -0.2) is 18.7 Å². The molecular formula is C7H8ClF2N3. The predicted molar refractivity (Wildman–Crippen MR) is 46.3 cm³/mol. The molecule has 1 aromatic rings. The molecule has 0 radical (unpaired) electrons. The Hall–Kier alpha value is -0.970. The third-order valence-corrected chi connectivity index (χ3v) is 1.76. The van der Waals surface area contributed by atoms with Gasteiger partial charge in [-0.15, -0.1) is 0 Å². The molecule has 0 aliphatic rings. The van der Waals surface area contributed by atoms with Crippen LogP contribution in [0.15, 0.2) is 6.33 Å². The van der Waals surface area contributed by atoms with Crippen molar-refractivity contribution < 1.29 is 8.78 Å². The number of hydrogen-bond donors (Lipinski definition) is 0. The van der Waals surface area contributed by atoms with Gasteiger partial charge in [-0.2, -0.15) is 0 Å². The zero-order valence-electron chi connectivity index (χ0n) is 7.13. The molecule has 1 heterocycles. The number of anilines is 1. The van der Waals surface area contributed by atoms with Gasteiger partial charge in [0.2, 0.25) is 0 Å². The molecular weight excluding hydrogens is 200 g/mol. The summed E-state index contributed by atoms with van der Waals surface area (Å²) >= 11 is 5.51. The molecule has 0 bridgehead atoms. The summed E-state index contributed by atoms with van der Waals surface area (Å²) in [6.45, 7) is 0. The fourth-order valence-corrected chi connectivity index (χ4v) is 1.12. The first-order valence-corrected chi connectivity index (χ1v) is 3.87. The van der Waals surface area contributed by atoms with Gasteiger partial charge in [0.25, 0.3) is 6.43 Å². The number of nitrogens with zero attached hydrogens (tertiary/aromatic N) is 3. The second kappa shape index (κ2) is 3.83. The Bertz CT molecular complexity index is 304. The van der Waals surface area contributed by atoms with Crippen molar-refractivity contribution in [1.82, 2.24) is 9.97 Å². The van der Waals surface area contributed by atoms with Crippen molar-refractivity contribution in [3.05, 3.63) is 17.0 Å². The monoisotopic (exact) mass is 207 g/mol. The Morgan fingerprint density at radius 1 is 1.38 bits per heavy atom. The minimum absolute atomic E-state index is 0.148. The highest BCUT2D eigenvalue weighted by Crippen LogP contribution is 2.31. The summed E-state index contributed by atoms with van der Waals surface area (Å²) in [4.78, 5) is 8.67. The largest absolute Gasteiger partial charge is 0.362 e. The highest BCUT2D eigenvalue weighted by atomic mass is 35.5. The van der Waals surface area contributed by atoms with Gasteiger partial charge in [-0.05, 0) is 0 Å². The molecule has 1 rings (SSSR count). The molecule has 0 N–H and O–H groups in total. The normalized spacial score (nSPS) is 10.6. The summed E-state index contributed by atoms with van der Waals surface area (Å²) in [7, 11) is 3.23. The lowest BCUT2D eigenvalue weighted by Crippen LogP contribution is -2.14. The second-order valence-electron chi connectivity index (χ2n) is 2.60. The summed E-state index contributed by atoms with van der Waals surface area (Å²) in [5.41, 5.74) is -0.325. The average molecular weight is 208 g/mol. The molecule has 13 heavy (non-hydrogen) atoms. The first-order chi connectivity index (χ1) is 6.04. The van der Waals surface area contributed by atoms with Gasteiger partial charge in [0.1, 0.15) is 17.3 Å². The van der Waals surface area contributed by atoms with Crippen LogP contribution in [0.4, 0.5) is 14.6 Å². The number of alkyl halides is 2. The van der Waals surface area contributed by atoms with Crippen LogP contribution in [0, 0.1) is 0 Å². The summed E-state index contributed by atoms with van der Waals surface area (Å²) in [6, 6.07) is 0. The molecule has 3 nitrogen and oxygen atoms in total. The van der Waals surface area contributed by atoms with Crippen LogP contribution in [0.2, 0.25) is 5.15 Å². The minimum atomic E-state index is -2.66. The maximum absolute atomic E-state index is 12.5. The van der Waals surface area contributed by atoms with Gasteiger partial charge >= 0.3 is 0 Å². The van der Waals surface area contributed by atoms with Gasteiger partial charge in [0.05, 0.1) is 5.56 Å². The third kappa shape index (κ3) is 2.03. The minimum Gasteiger partial charge on any atom is -0.362 e. The van der Waals surface area contributed by atoms with Crippen LogP contribution < -0.4 is 4.90 Å². The second-order valence-corrected chi connectivity index (χ2v) is 2.95. The SMILES string of the molecule is CN(C)c1ncnc(Cl)c1C(F)F. The lowest BCUT2D eigenvalue weighted by Gasteiger charge is -2.15. The summed E-state index contributed by atoms with van der Waals surface area (Å²) in [6.07, 6.45) is -1.50. The van der Waals surface area contributed by atoms with Gasteiger partial charge in [0.15, 0.2) is 0 Å². The molecule has 6 heteroatoms. The molecule has 0 atom stereocenters. The first-order valence-electron chi connectivity index (χ1n) is 3.50. The molecule has 0 saturated heterocycles. The summed E-state index contributed by atoms with van der Waals surface area (Å²) in [5.74, 6) is 0.148. The Balaban J connectivity index is 3.26. The molecule has 0 aliphatic heterocycles. The van der Waals surface area contributed by atoms with Crippen LogP contribution in [0.5, 0.6) is 0 Å². The molecule has 0 amide bonds. The molecule has 0 fully saturated rings. The molecule has 0 aromatic carbocycles. The summed E-state index contributed by atoms with van der Waals surface area (Å²) in [5, 5.41) is -0.200. The molecule has 0 aliphatic carbocycles. The molecule has 0 spiro atoms. The fraction of sp³-hybridized carbons (Fsp3) is 0.429. The van der Waals surface area contributed by atoms with E-state index in [0.717, 1.165) is 6.33 Å². The average Bonchev–Trinajstić information content (AvgIpc) is 2.02. The number of halogens is 3. The van der Waals surface area contributed by atoms with E-state index in [1.807, 2.05) is 0 Å². The van der Waals surface area contributed by atoms with E-state index < -0.39 is 6.43 Å². The highest BCUT2D eigenvalue weighted by molar-refractivity contribution is 6.30. The molecule has 1 aromatic heterocycles. The van der Waals surface area contributed by atoms with Crippen LogP contribution in [0.1, 0.15) is 12.0 Å². The maximum Gasteiger partial charge on any atom is 0.270 e. The summed E-state index contributed by atoms with van der Waals surface area (Å²) < 4.78 is 24.9. The van der Waals surface area contributed by atoms with Crippen molar-refractivity contribution in [3.8, 4) is 0 Å². The lowest BCUT2D eigenvalue weighted by atomic mass is 10.3. The Kier molecular flexibility index (Phi) is 2.98. The smallest absolute Gasteiger partial charge is 0.270 e. The van der Waals surface area contributed by atoms with Crippen molar-refractivity contribution in [3.63, 3.8) is 0 Å². The van der Waals surface area contributed by atoms with Crippen LogP contribution in [-0.2, 0) is 0 Å². The Labute approximate surface area is 79.4 Å². The Morgan fingerprint density at radius 2 is 2.00 bits per heavy atom. The highest BCUT2D eigenvalue weighted by Gasteiger charge is 2.20. The number of rotatable bonds is 2. The lowest BCUT2D eigenvalue weighted by molar-refractivity contribution is 0.151. The number of aromatic nitrogens is 2. The van der Waals surface area contributed by atoms with Crippen LogP contribution in [0.3, 0.4) is 0 Å². The van der Waals surface area contributed by atoms with Gasteiger partial charge in [-0.1, -0.05) is 11.6 Å². The van der Waals surface area contributed by atoms with E-state index in [-0.39, 0.29) is 16.5 Å². The zero-order chi connectivity index (χ0) is 10.0. The van der Waals surface area contributed by atoms with E-state index in [4.69, 9.17) is 11.6 Å². The van der Waals surface area contributed by atoms with Crippen molar-refractivity contribution in [2.24, 2.45) is 0 Å². The van der Waals surface area contributed by atoms with Crippen LogP contribution in [0.25, 0.3) is 0 Å². The van der Waals surface area contributed by atoms with Crippen LogP contribution in [-0.4, -0.2) is 24.1 Å². The van der Waals surface area contributed by atoms with Crippen molar-refractivity contribution in [2.75, 3.05) is 19.0 Å². The van der Waals surface area contributed by atoms with E-state index in [1.54, 1.807) is 14.1 Å². The van der Waals surface area contributed by atoms with Crippen molar-refractivity contribution >= 4 is 17.4 Å². The Morgan fingerprint density at radius 3 is 2.38 bits per heavy atom. The van der Waals surface area contributed by atoms with Crippen LogP contribution >= 0.6 is 11.6 Å². The zero-order valence-corrected chi connectivity index (χ0v) is 7.89. The van der Waals surface area contributed by atoms with Gasteiger partial charge in [-0.3, -0.25) is 0 Å². The van der Waals surface area contributed by atoms with Crippen molar-refractivity contribution in [1.29, 1.82) is 0 Å². The third-order valence-electron chi connectivity index (χ3n) is 1.46. The fourth-order valence-electron chi connectivity index (χ4n) is 0.910. The first kappa shape index (κ1) is 10.1. The van der Waals surface area contributed by atoms with Gasteiger partial charge in [0, 0.05) is 14.1 Å². The van der Waals surface area contributed by atoms with Crippen molar-refractivity contribution in [2.45, 2.75) is 6.43 Å². The molecule has 72 valence electrons. The quantitative estimate of drug-likeness (QED) is 0.696. The predicted octanol–water partition coefficient (Wildman–Crippen LogP) is 2.13. The molecule has 0 unspecified atom stereocenters. The standard InChI is InChI=1S/C7H8ClF2N3/c1-13(2)7-4(6(9)10)5(8)11-3-12-7/h3,6H,1-2H3. The van der Waals surface area contributed by atoms with E-state index in [0.29, 0.717) is 0 Å². The van der Waals surface area contributed by atoms with E-state index in [2.05, 4.69) is 9.97 Å². The van der Waals surface area contributed by atoms with E-state index >= 15 is 0 Å². The maximum atomic E-state index is 12.5. The van der Waals surface area contributed by atoms with E-state index in [1.165, 1.54) is 4.90 Å². The van der Waals surface area contributed by atoms with E-state index in [9.17, 15) is 8.78 Å². The topological polar surface area (TPSA) is 29.0 Å². The molecule has 0 saturated carbocycles. The number of hydrogen-bond acceptors (Lipinski definition) is 3.